The van der Waals surface area contributed by atoms with Gasteiger partial charge in [-0.25, -0.2) is 0 Å². The van der Waals surface area contributed by atoms with E-state index in [0.29, 0.717) is 0 Å². The van der Waals surface area contributed by atoms with Gasteiger partial charge < -0.3 is 19.4 Å². The molecule has 0 radical (unpaired) electrons. The molecule has 1 saturated carbocycles. The van der Waals surface area contributed by atoms with Crippen molar-refractivity contribution in [1.82, 2.24) is 0 Å². The van der Waals surface area contributed by atoms with Gasteiger partial charge in [-0.2, -0.15) is 0 Å². The molecular formula is C16H34N3O+3. The molecule has 2 aliphatic heterocycles. The maximum Gasteiger partial charge on any atom is 0.127 e. The van der Waals surface area contributed by atoms with Gasteiger partial charge >= 0.3 is 0 Å². The zero-order valence-electron chi connectivity index (χ0n) is 13.1. The molecule has 0 aromatic heterocycles. The van der Waals surface area contributed by atoms with E-state index in [-0.39, 0.29) is 0 Å². The monoisotopic (exact) mass is 284 g/mol. The molecule has 0 amide bonds. The van der Waals surface area contributed by atoms with Gasteiger partial charge in [-0.3, -0.25) is 0 Å². The van der Waals surface area contributed by atoms with Gasteiger partial charge in [0.2, 0.25) is 0 Å². The highest BCUT2D eigenvalue weighted by atomic mass is 16.5. The fourth-order valence-corrected chi connectivity index (χ4v) is 4.36. The van der Waals surface area contributed by atoms with Crippen LogP contribution in [0.15, 0.2) is 0 Å². The van der Waals surface area contributed by atoms with Gasteiger partial charge in [-0.15, -0.1) is 0 Å². The third-order valence-corrected chi connectivity index (χ3v) is 5.81. The van der Waals surface area contributed by atoms with Crippen LogP contribution in [-0.4, -0.2) is 71.6 Å². The molecule has 1 aliphatic carbocycles. The first-order valence-electron chi connectivity index (χ1n) is 9.01. The Morgan fingerprint density at radius 2 is 1.30 bits per heavy atom. The Kier molecular flexibility index (Phi) is 5.71. The van der Waals surface area contributed by atoms with E-state index < -0.39 is 0 Å². The van der Waals surface area contributed by atoms with Gasteiger partial charge in [0.25, 0.3) is 0 Å². The highest BCUT2D eigenvalue weighted by Crippen LogP contribution is 2.15. The van der Waals surface area contributed by atoms with Crippen LogP contribution >= 0.6 is 0 Å². The van der Waals surface area contributed by atoms with E-state index >= 15 is 0 Å². The third-order valence-electron chi connectivity index (χ3n) is 5.81. The molecule has 3 fully saturated rings. The van der Waals surface area contributed by atoms with Gasteiger partial charge in [0.15, 0.2) is 0 Å². The minimum absolute atomic E-state index is 0.976. The summed E-state index contributed by atoms with van der Waals surface area (Å²) in [6, 6.07) is 1.01. The average Bonchev–Trinajstić information content (AvgIpc) is 2.55. The number of piperazine rings is 1. The van der Waals surface area contributed by atoms with Crippen molar-refractivity contribution >= 4 is 0 Å². The lowest BCUT2D eigenvalue weighted by atomic mass is 9.94. The second-order valence-corrected chi connectivity index (χ2v) is 7.11. The Labute approximate surface area is 124 Å². The molecule has 0 bridgehead atoms. The first kappa shape index (κ1) is 14.8. The molecule has 0 aromatic rings. The predicted molar refractivity (Wildman–Crippen MR) is 79.5 cm³/mol. The van der Waals surface area contributed by atoms with Crippen LogP contribution in [0.4, 0.5) is 0 Å². The fraction of sp³-hybridized carbons (Fsp3) is 1.00. The van der Waals surface area contributed by atoms with Crippen molar-refractivity contribution < 1.29 is 19.4 Å². The first-order chi connectivity index (χ1) is 9.92. The standard InChI is InChI=1S/C16H31N3O/c1-2-4-16(5-3-1)19-10-8-17(9-11-19)6-7-18-12-14-20-15-13-18/h16H,1-15H2/p+3. The van der Waals surface area contributed by atoms with Crippen LogP contribution in [0, 0.1) is 0 Å². The van der Waals surface area contributed by atoms with E-state index in [4.69, 9.17) is 4.74 Å². The predicted octanol–water partition coefficient (Wildman–Crippen LogP) is -2.98. The minimum atomic E-state index is 0.976. The molecule has 20 heavy (non-hydrogen) atoms. The molecule has 0 spiro atoms. The molecule has 116 valence electrons. The van der Waals surface area contributed by atoms with Gasteiger partial charge in [-0.05, 0) is 25.7 Å². The van der Waals surface area contributed by atoms with Gasteiger partial charge in [0, 0.05) is 0 Å². The maximum atomic E-state index is 5.44. The zero-order chi connectivity index (χ0) is 13.6. The first-order valence-corrected chi connectivity index (χ1v) is 9.01. The number of morpholine rings is 1. The second-order valence-electron chi connectivity index (χ2n) is 7.11. The Balaban J connectivity index is 1.33. The molecule has 0 atom stereocenters. The van der Waals surface area contributed by atoms with Crippen LogP contribution in [0.2, 0.25) is 0 Å². The smallest absolute Gasteiger partial charge is 0.127 e. The van der Waals surface area contributed by atoms with Crippen molar-refractivity contribution in [3.63, 3.8) is 0 Å². The van der Waals surface area contributed by atoms with Gasteiger partial charge in [-0.1, -0.05) is 6.42 Å². The topological polar surface area (TPSA) is 22.6 Å². The molecule has 3 N–H and O–H groups in total. The van der Waals surface area contributed by atoms with Crippen molar-refractivity contribution in [2.24, 2.45) is 0 Å². The van der Waals surface area contributed by atoms with E-state index in [1.165, 1.54) is 84.5 Å². The summed E-state index contributed by atoms with van der Waals surface area (Å²) in [6.45, 7) is 12.8. The van der Waals surface area contributed by atoms with E-state index in [1.54, 1.807) is 4.90 Å². The van der Waals surface area contributed by atoms with E-state index in [2.05, 4.69) is 0 Å². The summed E-state index contributed by atoms with van der Waals surface area (Å²) in [5.74, 6) is 0. The number of rotatable bonds is 4. The molecule has 4 nitrogen and oxygen atoms in total. The maximum absolute atomic E-state index is 5.44. The lowest BCUT2D eigenvalue weighted by Crippen LogP contribution is -3.31. The summed E-state index contributed by atoms with van der Waals surface area (Å²) in [5.41, 5.74) is 0. The largest absolute Gasteiger partial charge is 0.370 e. The summed E-state index contributed by atoms with van der Waals surface area (Å²) in [7, 11) is 0. The molecular weight excluding hydrogens is 250 g/mol. The van der Waals surface area contributed by atoms with Crippen LogP contribution in [0.5, 0.6) is 0 Å². The minimum Gasteiger partial charge on any atom is -0.370 e. The summed E-state index contributed by atoms with van der Waals surface area (Å²) in [6.07, 6.45) is 7.48. The molecule has 2 heterocycles. The second kappa shape index (κ2) is 7.74. The summed E-state index contributed by atoms with van der Waals surface area (Å²) in [5, 5.41) is 0. The van der Waals surface area contributed by atoms with E-state index in [1.807, 2.05) is 9.80 Å². The number of hydrogen-bond acceptors (Lipinski definition) is 1. The van der Waals surface area contributed by atoms with E-state index in [9.17, 15) is 0 Å². The molecule has 0 unspecified atom stereocenters. The Morgan fingerprint density at radius 3 is 1.95 bits per heavy atom. The van der Waals surface area contributed by atoms with Gasteiger partial charge in [0.1, 0.15) is 52.4 Å². The van der Waals surface area contributed by atoms with Crippen molar-refractivity contribution in [2.45, 2.75) is 38.1 Å². The number of ether oxygens (including phenoxy) is 1. The average molecular weight is 284 g/mol. The summed E-state index contributed by atoms with van der Waals surface area (Å²) < 4.78 is 5.44. The van der Waals surface area contributed by atoms with Crippen molar-refractivity contribution in [1.29, 1.82) is 0 Å². The van der Waals surface area contributed by atoms with Crippen molar-refractivity contribution in [2.75, 3.05) is 65.6 Å². The molecule has 3 rings (SSSR count). The van der Waals surface area contributed by atoms with Crippen LogP contribution < -0.4 is 14.7 Å². The van der Waals surface area contributed by atoms with Gasteiger partial charge in [0.05, 0.1) is 19.3 Å². The van der Waals surface area contributed by atoms with Crippen LogP contribution in [0.25, 0.3) is 0 Å². The fourth-order valence-electron chi connectivity index (χ4n) is 4.36. The lowest BCUT2D eigenvalue weighted by Gasteiger charge is -2.36. The molecule has 0 aromatic carbocycles. The zero-order valence-corrected chi connectivity index (χ0v) is 13.1. The van der Waals surface area contributed by atoms with E-state index in [0.717, 1.165) is 19.3 Å². The number of quaternary nitrogens is 3. The Morgan fingerprint density at radius 1 is 0.700 bits per heavy atom. The SMILES string of the molecule is C1CCC([NH+]2CC[NH+](CC[NH+]3CCOCC3)CC2)CC1. The Bertz CT molecular complexity index is 267. The third kappa shape index (κ3) is 4.17. The van der Waals surface area contributed by atoms with Crippen LogP contribution in [0.3, 0.4) is 0 Å². The van der Waals surface area contributed by atoms with Crippen molar-refractivity contribution in [3.05, 3.63) is 0 Å². The van der Waals surface area contributed by atoms with Crippen LogP contribution in [-0.2, 0) is 4.74 Å². The number of nitrogens with one attached hydrogen (secondary N) is 3. The molecule has 2 saturated heterocycles. The normalized spacial score (nSPS) is 34.2. The summed E-state index contributed by atoms with van der Waals surface area (Å²) in [4.78, 5) is 5.57. The highest BCUT2D eigenvalue weighted by molar-refractivity contribution is 4.64. The van der Waals surface area contributed by atoms with Crippen LogP contribution in [0.1, 0.15) is 32.1 Å². The number of hydrogen-bond donors (Lipinski definition) is 3. The lowest BCUT2D eigenvalue weighted by molar-refractivity contribution is -1.03. The highest BCUT2D eigenvalue weighted by Gasteiger charge is 2.30. The molecule has 4 heteroatoms. The Hall–Kier alpha value is -0.160. The summed E-state index contributed by atoms with van der Waals surface area (Å²) >= 11 is 0. The van der Waals surface area contributed by atoms with Crippen molar-refractivity contribution in [3.8, 4) is 0 Å². The molecule has 3 aliphatic rings. The quantitative estimate of drug-likeness (QED) is 0.504.